The predicted molar refractivity (Wildman–Crippen MR) is 109 cm³/mol. The number of methoxy groups -OCH3 is 1. The molecular weight excluding hydrogens is 436 g/mol. The van der Waals surface area contributed by atoms with Crippen LogP contribution in [-0.2, 0) is 24.2 Å². The fourth-order valence-electron chi connectivity index (χ4n) is 3.10. The lowest BCUT2D eigenvalue weighted by molar-refractivity contribution is -0.0950. The molecule has 13 heteroatoms. The minimum absolute atomic E-state index is 0.0906. The first-order valence-electron chi connectivity index (χ1n) is 9.40. The molecule has 3 atom stereocenters. The molecule has 1 aliphatic heterocycles. The Hall–Kier alpha value is -1.86. The summed E-state index contributed by atoms with van der Waals surface area (Å²) in [5.74, 6) is 0.797. The van der Waals surface area contributed by atoms with Crippen molar-refractivity contribution >= 4 is 27.6 Å². The molecule has 11 nitrogen and oxygen atoms in total. The molecule has 166 valence electrons. The van der Waals surface area contributed by atoms with Gasteiger partial charge in [-0.2, -0.15) is 0 Å². The third kappa shape index (κ3) is 4.89. The third-order valence-electron chi connectivity index (χ3n) is 4.64. The highest BCUT2D eigenvalue weighted by atomic mass is 35.5. The van der Waals surface area contributed by atoms with Crippen LogP contribution in [0.2, 0.25) is 5.02 Å². The molecule has 0 aromatic carbocycles. The molecule has 2 aromatic heterocycles. The SMILES string of the molecule is CO[C@H](c1ncc(Cl)cn1)[C@H](C)S(=O)(=O)Nc1nnc(C2COCCO2)n1C(C)C. The fourth-order valence-corrected chi connectivity index (χ4v) is 4.33. The minimum Gasteiger partial charge on any atom is -0.376 e. The van der Waals surface area contributed by atoms with Gasteiger partial charge in [-0.05, 0) is 20.8 Å². The average molecular weight is 461 g/mol. The summed E-state index contributed by atoms with van der Waals surface area (Å²) in [6.07, 6.45) is 1.44. The van der Waals surface area contributed by atoms with Gasteiger partial charge in [0.05, 0.1) is 24.8 Å². The number of nitrogens with one attached hydrogen (secondary N) is 1. The molecule has 0 saturated carbocycles. The van der Waals surface area contributed by atoms with E-state index in [1.165, 1.54) is 26.4 Å². The molecule has 1 N–H and O–H groups in total. The van der Waals surface area contributed by atoms with E-state index in [-0.39, 0.29) is 17.8 Å². The normalized spacial score (nSPS) is 19.6. The molecule has 0 radical (unpaired) electrons. The van der Waals surface area contributed by atoms with Gasteiger partial charge < -0.3 is 14.2 Å². The molecule has 0 bridgehead atoms. The standard InChI is InChI=1S/C17H25ClN6O5S/c1-10(2)24-16(13-9-28-5-6-29-13)21-22-17(24)23-30(25,26)11(3)14(27-4)15-19-7-12(18)8-20-15/h7-8,10-11,13-14H,5-6,9H2,1-4H3,(H,22,23)/t11-,13?,14-/m0/s1. The highest BCUT2D eigenvalue weighted by molar-refractivity contribution is 7.93. The van der Waals surface area contributed by atoms with E-state index in [2.05, 4.69) is 24.9 Å². The van der Waals surface area contributed by atoms with Gasteiger partial charge in [-0.3, -0.25) is 9.29 Å². The van der Waals surface area contributed by atoms with Crippen molar-refractivity contribution in [1.82, 2.24) is 24.7 Å². The van der Waals surface area contributed by atoms with Gasteiger partial charge in [-0.15, -0.1) is 10.2 Å². The second-order valence-electron chi connectivity index (χ2n) is 7.05. The van der Waals surface area contributed by atoms with Crippen LogP contribution in [0, 0.1) is 0 Å². The number of sulfonamides is 1. The highest BCUT2D eigenvalue weighted by Gasteiger charge is 2.35. The number of anilines is 1. The van der Waals surface area contributed by atoms with Crippen LogP contribution in [0.1, 0.15) is 50.7 Å². The molecule has 1 unspecified atom stereocenters. The Kier molecular flexibility index (Phi) is 7.24. The van der Waals surface area contributed by atoms with Crippen LogP contribution in [0.25, 0.3) is 0 Å². The Labute approximate surface area is 180 Å². The predicted octanol–water partition coefficient (Wildman–Crippen LogP) is 1.91. The van der Waals surface area contributed by atoms with Gasteiger partial charge in [0.1, 0.15) is 17.5 Å². The van der Waals surface area contributed by atoms with Crippen molar-refractivity contribution in [3.8, 4) is 0 Å². The van der Waals surface area contributed by atoms with Gasteiger partial charge in [0, 0.05) is 25.5 Å². The van der Waals surface area contributed by atoms with Gasteiger partial charge >= 0.3 is 0 Å². The molecule has 0 spiro atoms. The lowest BCUT2D eigenvalue weighted by Gasteiger charge is -2.25. The Bertz CT molecular complexity index is 946. The summed E-state index contributed by atoms with van der Waals surface area (Å²) in [5, 5.41) is 7.51. The average Bonchev–Trinajstić information content (AvgIpc) is 3.13. The summed E-state index contributed by atoms with van der Waals surface area (Å²) < 4.78 is 46.9. The molecule has 1 fully saturated rings. The molecule has 0 amide bonds. The zero-order chi connectivity index (χ0) is 21.9. The van der Waals surface area contributed by atoms with E-state index < -0.39 is 27.5 Å². The molecule has 1 saturated heterocycles. The van der Waals surface area contributed by atoms with Gasteiger partial charge in [0.25, 0.3) is 0 Å². The van der Waals surface area contributed by atoms with Crippen molar-refractivity contribution in [2.75, 3.05) is 31.7 Å². The van der Waals surface area contributed by atoms with Crippen LogP contribution in [0.15, 0.2) is 12.4 Å². The van der Waals surface area contributed by atoms with Crippen molar-refractivity contribution in [3.63, 3.8) is 0 Å². The summed E-state index contributed by atoms with van der Waals surface area (Å²) in [4.78, 5) is 8.16. The minimum atomic E-state index is -3.94. The fraction of sp³-hybridized carbons (Fsp3) is 0.647. The topological polar surface area (TPSA) is 130 Å². The molecule has 0 aliphatic carbocycles. The number of aromatic nitrogens is 5. The van der Waals surface area contributed by atoms with Crippen molar-refractivity contribution in [1.29, 1.82) is 0 Å². The first-order chi connectivity index (χ1) is 14.2. The number of hydrogen-bond donors (Lipinski definition) is 1. The first kappa shape index (κ1) is 22.8. The smallest absolute Gasteiger partial charge is 0.240 e. The van der Waals surface area contributed by atoms with Crippen LogP contribution in [0.5, 0.6) is 0 Å². The monoisotopic (exact) mass is 460 g/mol. The van der Waals surface area contributed by atoms with Gasteiger partial charge in [0.15, 0.2) is 11.6 Å². The maximum Gasteiger partial charge on any atom is 0.240 e. The first-order valence-corrected chi connectivity index (χ1v) is 11.3. The van der Waals surface area contributed by atoms with E-state index in [9.17, 15) is 8.42 Å². The van der Waals surface area contributed by atoms with E-state index in [4.69, 9.17) is 25.8 Å². The third-order valence-corrected chi connectivity index (χ3v) is 6.53. The molecule has 3 heterocycles. The Morgan fingerprint density at radius 1 is 1.23 bits per heavy atom. The van der Waals surface area contributed by atoms with Crippen molar-refractivity contribution in [3.05, 3.63) is 29.1 Å². The maximum absolute atomic E-state index is 13.1. The number of nitrogens with zero attached hydrogens (tertiary/aromatic N) is 5. The number of halogens is 1. The van der Waals surface area contributed by atoms with Crippen LogP contribution in [-0.4, -0.2) is 65.3 Å². The Morgan fingerprint density at radius 3 is 2.50 bits per heavy atom. The zero-order valence-electron chi connectivity index (χ0n) is 17.1. The summed E-state index contributed by atoms with van der Waals surface area (Å²) in [6, 6.07) is -0.119. The number of ether oxygens (including phenoxy) is 3. The summed E-state index contributed by atoms with van der Waals surface area (Å²) in [7, 11) is -2.55. The van der Waals surface area contributed by atoms with Crippen LogP contribution < -0.4 is 4.72 Å². The summed E-state index contributed by atoms with van der Waals surface area (Å²) >= 11 is 5.82. The second kappa shape index (κ2) is 9.52. The lowest BCUT2D eigenvalue weighted by Crippen LogP contribution is -2.34. The molecule has 30 heavy (non-hydrogen) atoms. The second-order valence-corrected chi connectivity index (χ2v) is 9.52. The van der Waals surface area contributed by atoms with E-state index in [1.807, 2.05) is 13.8 Å². The van der Waals surface area contributed by atoms with Gasteiger partial charge in [0.2, 0.25) is 16.0 Å². The van der Waals surface area contributed by atoms with Crippen molar-refractivity contribution in [2.45, 2.75) is 44.3 Å². The summed E-state index contributed by atoms with van der Waals surface area (Å²) in [6.45, 7) is 6.57. The van der Waals surface area contributed by atoms with Crippen molar-refractivity contribution < 1.29 is 22.6 Å². The van der Waals surface area contributed by atoms with Crippen LogP contribution in [0.4, 0.5) is 5.95 Å². The largest absolute Gasteiger partial charge is 0.376 e. The van der Waals surface area contributed by atoms with E-state index in [0.29, 0.717) is 30.7 Å². The number of hydrogen-bond acceptors (Lipinski definition) is 9. The highest BCUT2D eigenvalue weighted by Crippen LogP contribution is 2.28. The van der Waals surface area contributed by atoms with Gasteiger partial charge in [-0.1, -0.05) is 11.6 Å². The van der Waals surface area contributed by atoms with E-state index in [0.717, 1.165) is 0 Å². The maximum atomic E-state index is 13.1. The van der Waals surface area contributed by atoms with E-state index >= 15 is 0 Å². The lowest BCUT2D eigenvalue weighted by atomic mass is 10.2. The van der Waals surface area contributed by atoms with Gasteiger partial charge in [-0.25, -0.2) is 18.4 Å². The molecule has 1 aliphatic rings. The van der Waals surface area contributed by atoms with Crippen LogP contribution in [0.3, 0.4) is 0 Å². The molecule has 2 aromatic rings. The Balaban J connectivity index is 1.86. The number of rotatable bonds is 8. The molecule has 3 rings (SSSR count). The Morgan fingerprint density at radius 2 is 1.93 bits per heavy atom. The van der Waals surface area contributed by atoms with Crippen LogP contribution >= 0.6 is 11.6 Å². The summed E-state index contributed by atoms with van der Waals surface area (Å²) in [5.41, 5.74) is 0. The zero-order valence-corrected chi connectivity index (χ0v) is 18.7. The molecular formula is C17H25ClN6O5S. The van der Waals surface area contributed by atoms with Crippen molar-refractivity contribution in [2.24, 2.45) is 0 Å². The quantitative estimate of drug-likeness (QED) is 0.627. The van der Waals surface area contributed by atoms with E-state index in [1.54, 1.807) is 4.57 Å².